The Kier molecular flexibility index (Phi) is 4.52. The van der Waals surface area contributed by atoms with Crippen molar-refractivity contribution in [3.8, 4) is 11.5 Å². The summed E-state index contributed by atoms with van der Waals surface area (Å²) in [5.74, 6) is 1.52. The minimum absolute atomic E-state index is 0.0398. The highest BCUT2D eigenvalue weighted by atomic mass is 16.5. The van der Waals surface area contributed by atoms with Crippen LogP contribution in [0.3, 0.4) is 0 Å². The monoisotopic (exact) mass is 414 g/mol. The molecule has 1 aliphatic carbocycles. The Balaban J connectivity index is 1.79. The lowest BCUT2D eigenvalue weighted by molar-refractivity contribution is -0.166. The number of aliphatic hydroxyl groups is 1. The molecule has 1 aromatic carbocycles. The van der Waals surface area contributed by atoms with Gasteiger partial charge in [0, 0.05) is 47.7 Å². The van der Waals surface area contributed by atoms with Crippen LogP contribution in [0.2, 0.25) is 0 Å². The van der Waals surface area contributed by atoms with Gasteiger partial charge in [-0.05, 0) is 43.7 Å². The number of nitrogens with zero attached hydrogens (tertiary/aromatic N) is 1. The Bertz CT molecular complexity index is 999. The second kappa shape index (κ2) is 6.89. The normalized spacial score (nSPS) is 33.0. The first-order valence-electron chi connectivity index (χ1n) is 10.7. The van der Waals surface area contributed by atoms with E-state index in [1.165, 1.54) is 7.11 Å². The predicted molar refractivity (Wildman–Crippen MR) is 112 cm³/mol. The molecule has 4 bridgehead atoms. The number of aromatic amines is 1. The van der Waals surface area contributed by atoms with Crippen LogP contribution in [-0.4, -0.2) is 67.5 Å². The zero-order valence-corrected chi connectivity index (χ0v) is 18.0. The number of aliphatic hydroxyl groups excluding tert-OH is 1. The third-order valence-corrected chi connectivity index (χ3v) is 7.69. The highest BCUT2D eigenvalue weighted by molar-refractivity contribution is 5.93. The summed E-state index contributed by atoms with van der Waals surface area (Å²) >= 11 is 0. The lowest BCUT2D eigenvalue weighted by atomic mass is 9.56. The number of rotatable bonds is 4. The van der Waals surface area contributed by atoms with Gasteiger partial charge >= 0.3 is 5.97 Å². The molecule has 2 N–H and O–H groups in total. The fourth-order valence-corrected chi connectivity index (χ4v) is 6.61. The van der Waals surface area contributed by atoms with Crippen molar-refractivity contribution in [3.05, 3.63) is 23.4 Å². The second-order valence-electron chi connectivity index (χ2n) is 9.09. The van der Waals surface area contributed by atoms with Crippen LogP contribution in [-0.2, 0) is 21.4 Å². The van der Waals surface area contributed by atoms with Gasteiger partial charge in [0.15, 0.2) is 11.5 Å². The van der Waals surface area contributed by atoms with Crippen LogP contribution in [0, 0.1) is 11.8 Å². The number of carbonyl (C=O) groups excluding carboxylic acids is 1. The number of ether oxygens (including phenoxy) is 3. The van der Waals surface area contributed by atoms with Crippen molar-refractivity contribution >= 4 is 16.9 Å². The fourth-order valence-electron chi connectivity index (χ4n) is 6.61. The van der Waals surface area contributed by atoms with E-state index in [9.17, 15) is 9.90 Å². The number of nitrogens with one attached hydrogen (secondary N) is 1. The Labute approximate surface area is 176 Å². The van der Waals surface area contributed by atoms with E-state index < -0.39 is 11.5 Å². The van der Waals surface area contributed by atoms with Gasteiger partial charge in [0.2, 0.25) is 0 Å². The van der Waals surface area contributed by atoms with Gasteiger partial charge in [-0.1, -0.05) is 0 Å². The molecule has 6 atom stereocenters. The van der Waals surface area contributed by atoms with Crippen molar-refractivity contribution in [2.24, 2.45) is 11.8 Å². The number of esters is 1. The molecular formula is C23H30N2O5. The third kappa shape index (κ3) is 2.48. The molecule has 4 heterocycles. The van der Waals surface area contributed by atoms with Crippen molar-refractivity contribution in [2.75, 3.05) is 34.4 Å². The maximum Gasteiger partial charge on any atom is 0.319 e. The molecule has 4 aliphatic rings. The number of hydrogen-bond donors (Lipinski definition) is 2. The number of methoxy groups -OCH3 is 3. The number of fused-ring (bicyclic) bond motifs is 4. The third-order valence-electron chi connectivity index (χ3n) is 7.69. The summed E-state index contributed by atoms with van der Waals surface area (Å²) in [7, 11) is 4.73. The van der Waals surface area contributed by atoms with Crippen molar-refractivity contribution in [2.45, 2.75) is 43.7 Å². The van der Waals surface area contributed by atoms with E-state index in [-0.39, 0.29) is 17.9 Å². The Morgan fingerprint density at radius 3 is 2.67 bits per heavy atom. The molecule has 6 rings (SSSR count). The zero-order valence-electron chi connectivity index (χ0n) is 18.0. The van der Waals surface area contributed by atoms with E-state index in [0.29, 0.717) is 17.4 Å². The van der Waals surface area contributed by atoms with E-state index in [4.69, 9.17) is 14.2 Å². The Morgan fingerprint density at radius 2 is 2.00 bits per heavy atom. The average Bonchev–Trinajstić information content (AvgIpc) is 3.08. The van der Waals surface area contributed by atoms with E-state index in [1.54, 1.807) is 14.2 Å². The number of carbonyl (C=O) groups is 1. The summed E-state index contributed by atoms with van der Waals surface area (Å²) < 4.78 is 16.5. The molecule has 7 nitrogen and oxygen atoms in total. The van der Waals surface area contributed by atoms with Crippen LogP contribution in [0.5, 0.6) is 11.5 Å². The first-order chi connectivity index (χ1) is 14.4. The van der Waals surface area contributed by atoms with Crippen molar-refractivity contribution in [1.29, 1.82) is 0 Å². The maximum absolute atomic E-state index is 13.5. The molecule has 3 fully saturated rings. The van der Waals surface area contributed by atoms with Gasteiger partial charge < -0.3 is 24.3 Å². The molecule has 2 saturated heterocycles. The van der Waals surface area contributed by atoms with Crippen molar-refractivity contribution in [1.82, 2.24) is 9.88 Å². The average molecular weight is 415 g/mol. The van der Waals surface area contributed by atoms with Crippen LogP contribution < -0.4 is 9.47 Å². The quantitative estimate of drug-likeness (QED) is 0.747. The summed E-state index contributed by atoms with van der Waals surface area (Å²) in [6, 6.07) is 3.87. The van der Waals surface area contributed by atoms with Crippen LogP contribution in [0.4, 0.5) is 0 Å². The summed E-state index contributed by atoms with van der Waals surface area (Å²) in [4.78, 5) is 19.5. The topological polar surface area (TPSA) is 84.0 Å². The lowest BCUT2D eigenvalue weighted by Crippen LogP contribution is -2.68. The first kappa shape index (κ1) is 19.7. The molecule has 0 spiro atoms. The standard InChI is InChI=1S/C23H30N2O5/c1-12(26)15-7-13-10-23(22(27)30-4)20-14(5-6-25(11-13)21(15)23)16-8-18(28-2)19(29-3)9-17(16)24-20/h8-9,12-13,15,21,24,26H,5-7,10-11H2,1-4H3. The largest absolute Gasteiger partial charge is 0.493 e. The SMILES string of the molecule is COC(=O)C12CC3CC(C(C)O)C1N(CCc1c2[nH]c2cc(OC)c(OC)cc12)C3. The second-order valence-corrected chi connectivity index (χ2v) is 9.09. The molecule has 3 aliphatic heterocycles. The van der Waals surface area contributed by atoms with Gasteiger partial charge in [0.05, 0.1) is 27.4 Å². The number of H-pyrrole nitrogens is 1. The van der Waals surface area contributed by atoms with Gasteiger partial charge in [0.1, 0.15) is 5.41 Å². The molecule has 1 aromatic heterocycles. The van der Waals surface area contributed by atoms with Crippen LogP contribution in [0.25, 0.3) is 10.9 Å². The number of aromatic nitrogens is 1. The van der Waals surface area contributed by atoms with Crippen LogP contribution in [0.15, 0.2) is 12.1 Å². The van der Waals surface area contributed by atoms with E-state index in [2.05, 4.69) is 9.88 Å². The van der Waals surface area contributed by atoms with Crippen LogP contribution >= 0.6 is 0 Å². The molecule has 2 aromatic rings. The van der Waals surface area contributed by atoms with Gasteiger partial charge in [-0.2, -0.15) is 0 Å². The van der Waals surface area contributed by atoms with Crippen molar-refractivity contribution < 1.29 is 24.1 Å². The molecule has 1 saturated carbocycles. The van der Waals surface area contributed by atoms with Crippen LogP contribution in [0.1, 0.15) is 31.0 Å². The summed E-state index contributed by atoms with van der Waals surface area (Å²) in [6.45, 7) is 3.69. The van der Waals surface area contributed by atoms with Gasteiger partial charge in [-0.3, -0.25) is 9.69 Å². The number of piperidine rings is 2. The lowest BCUT2D eigenvalue weighted by Gasteiger charge is -2.58. The Hall–Kier alpha value is -2.25. The van der Waals surface area contributed by atoms with Crippen molar-refractivity contribution in [3.63, 3.8) is 0 Å². The fraction of sp³-hybridized carbons (Fsp3) is 0.609. The molecule has 162 valence electrons. The molecule has 0 radical (unpaired) electrons. The highest BCUT2D eigenvalue weighted by Crippen LogP contribution is 2.55. The molecule has 30 heavy (non-hydrogen) atoms. The van der Waals surface area contributed by atoms with E-state index in [0.717, 1.165) is 54.5 Å². The minimum Gasteiger partial charge on any atom is -0.493 e. The Morgan fingerprint density at radius 1 is 1.27 bits per heavy atom. The molecular weight excluding hydrogens is 384 g/mol. The molecule has 6 unspecified atom stereocenters. The van der Waals surface area contributed by atoms with E-state index in [1.807, 2.05) is 19.1 Å². The summed E-state index contributed by atoms with van der Waals surface area (Å²) in [5.41, 5.74) is 2.23. The summed E-state index contributed by atoms with van der Waals surface area (Å²) in [5, 5.41) is 11.7. The van der Waals surface area contributed by atoms with Gasteiger partial charge in [0.25, 0.3) is 0 Å². The molecule has 0 amide bonds. The minimum atomic E-state index is -0.803. The summed E-state index contributed by atoms with van der Waals surface area (Å²) in [6.07, 6.45) is 2.06. The highest BCUT2D eigenvalue weighted by Gasteiger charge is 2.63. The first-order valence-corrected chi connectivity index (χ1v) is 10.7. The van der Waals surface area contributed by atoms with Gasteiger partial charge in [-0.15, -0.1) is 0 Å². The zero-order chi connectivity index (χ0) is 21.2. The number of benzene rings is 1. The number of hydrogen-bond acceptors (Lipinski definition) is 6. The van der Waals surface area contributed by atoms with E-state index >= 15 is 0 Å². The predicted octanol–water partition coefficient (Wildman–Crippen LogP) is 2.24. The molecule has 7 heteroatoms. The maximum atomic E-state index is 13.5. The van der Waals surface area contributed by atoms with Gasteiger partial charge in [-0.25, -0.2) is 0 Å². The smallest absolute Gasteiger partial charge is 0.319 e.